The van der Waals surface area contributed by atoms with Crippen LogP contribution in [-0.4, -0.2) is 17.4 Å². The Hall–Kier alpha value is 3.71. The molecule has 0 aliphatic rings. The van der Waals surface area contributed by atoms with Gasteiger partial charge in [-0.05, 0) is 0 Å². The maximum atomic E-state index is 0. The maximum absolute atomic E-state index is 0. The second-order valence-electron chi connectivity index (χ2n) is 0. The van der Waals surface area contributed by atoms with E-state index in [0.29, 0.717) is 0 Å². The third-order valence-corrected chi connectivity index (χ3v) is 0. The average Bonchev–Trinajstić information content (AvgIpc) is 0. The molecule has 0 atom stereocenters. The molecule has 7 heteroatoms. The van der Waals surface area contributed by atoms with E-state index in [9.17, 15) is 0 Å². The minimum absolute atomic E-state index is 0. The summed E-state index contributed by atoms with van der Waals surface area (Å²) >= 11 is 0. The molecule has 0 bridgehead atoms. The van der Waals surface area contributed by atoms with Gasteiger partial charge in [-0.25, -0.2) is 0 Å². The van der Waals surface area contributed by atoms with Crippen molar-refractivity contribution in [2.45, 2.75) is 0 Å². The van der Waals surface area contributed by atoms with Crippen LogP contribution in [0.15, 0.2) is 0 Å². The predicted molar refractivity (Wildman–Crippen MR) is 9.94 cm³/mol. The van der Waals surface area contributed by atoms with Gasteiger partial charge in [0, 0.05) is 104 Å². The number of hydrogen-bond donors (Lipinski definition) is 0. The molecule has 0 saturated carbocycles. The van der Waals surface area contributed by atoms with Crippen molar-refractivity contribution in [3.05, 3.63) is 0 Å². The molecule has 0 N–H and O–H groups in total. The van der Waals surface area contributed by atoms with Crippen LogP contribution in [0.25, 0.3) is 0 Å². The molecule has 0 heterocycles. The number of hydrogen-bond acceptors (Lipinski definition) is 0. The molecular weight excluding hydrogens is 384 g/mol. The minimum atomic E-state index is 0. The Balaban J connectivity index is 0. The van der Waals surface area contributed by atoms with Gasteiger partial charge in [-0.15, -0.1) is 0 Å². The van der Waals surface area contributed by atoms with Gasteiger partial charge >= 0.3 is 0 Å². The van der Waals surface area contributed by atoms with E-state index in [1.807, 2.05) is 0 Å². The molecule has 0 spiro atoms. The first-order chi connectivity index (χ1) is 0. The number of rotatable bonds is 0. The average molecular weight is 387 g/mol. The fraction of sp³-hybridized carbons (Fsp3) is 0. The summed E-state index contributed by atoms with van der Waals surface area (Å²) in [7, 11) is 0. The van der Waals surface area contributed by atoms with Crippen molar-refractivity contribution in [2.75, 3.05) is 0 Å². The van der Waals surface area contributed by atoms with E-state index in [1.54, 1.807) is 0 Å². The summed E-state index contributed by atoms with van der Waals surface area (Å²) in [4.78, 5) is 0. The summed E-state index contributed by atoms with van der Waals surface area (Å²) in [5.41, 5.74) is 0. The minimum Gasteiger partial charge on any atom is 0 e. The van der Waals surface area contributed by atoms with Gasteiger partial charge in [0.05, 0.1) is 0 Å². The van der Waals surface area contributed by atoms with Crippen LogP contribution in [0.4, 0.5) is 0 Å². The predicted octanol–water partition coefficient (Wildman–Crippen LogP) is -1.20. The van der Waals surface area contributed by atoms with Gasteiger partial charge in [-0.1, -0.05) is 0 Å². The van der Waals surface area contributed by atoms with Gasteiger partial charge in [-0.3, -0.25) is 0 Å². The Morgan fingerprint density at radius 1 is 1.00 bits per heavy atom. The zero-order valence-corrected chi connectivity index (χ0v) is 10.6. The molecular formula is H3AlCoCuFeMnNiZn. The molecule has 0 unspecified atom stereocenters. The van der Waals surface area contributed by atoms with Crippen molar-refractivity contribution in [3.63, 3.8) is 0 Å². The van der Waals surface area contributed by atoms with Crippen LogP contribution in [0, 0.1) is 0 Å². The van der Waals surface area contributed by atoms with Gasteiger partial charge in [0.15, 0.2) is 17.4 Å². The van der Waals surface area contributed by atoms with E-state index in [2.05, 4.69) is 0 Å². The Bertz CT molecular complexity index is 19.7. The molecule has 0 aromatic rings. The fourth-order valence-electron chi connectivity index (χ4n) is 0. The van der Waals surface area contributed by atoms with Crippen LogP contribution >= 0.6 is 0 Å². The van der Waals surface area contributed by atoms with E-state index < -0.39 is 0 Å². The van der Waals surface area contributed by atoms with E-state index in [0.717, 1.165) is 0 Å². The van der Waals surface area contributed by atoms with Crippen molar-refractivity contribution in [3.8, 4) is 0 Å². The third-order valence-electron chi connectivity index (χ3n) is 0. The molecule has 0 rings (SSSR count). The van der Waals surface area contributed by atoms with Gasteiger partial charge in [0.1, 0.15) is 0 Å². The first-order valence-corrected chi connectivity index (χ1v) is 0. The second kappa shape index (κ2) is 53.5. The topological polar surface area (TPSA) is 0 Å². The SMILES string of the molecule is [AlH3].[Co].[Cu].[Fe].[Mn].[Ni].[Zn]. The summed E-state index contributed by atoms with van der Waals surface area (Å²) in [6.07, 6.45) is 0. The summed E-state index contributed by atoms with van der Waals surface area (Å²) in [6.45, 7) is 0. The fourth-order valence-corrected chi connectivity index (χ4v) is 0. The van der Waals surface area contributed by atoms with E-state index in [-0.39, 0.29) is 121 Å². The molecule has 3 radical (unpaired) electrons. The zero-order valence-electron chi connectivity index (χ0n) is 2.39. The maximum Gasteiger partial charge on any atom is 0.187 e. The van der Waals surface area contributed by atoms with E-state index in [4.69, 9.17) is 0 Å². The smallest absolute Gasteiger partial charge is 0 e. The third kappa shape index (κ3) is 41.9. The van der Waals surface area contributed by atoms with Crippen LogP contribution in [0.1, 0.15) is 0 Å². The molecule has 0 aliphatic carbocycles. The van der Waals surface area contributed by atoms with Crippen molar-refractivity contribution >= 4 is 17.4 Å². The van der Waals surface area contributed by atoms with Crippen LogP contribution in [0.2, 0.25) is 0 Å². The monoisotopic (exact) mass is 385 g/mol. The van der Waals surface area contributed by atoms with Crippen molar-refractivity contribution in [2.24, 2.45) is 0 Å². The second-order valence-corrected chi connectivity index (χ2v) is 0. The Labute approximate surface area is 119 Å². The Kier molecular flexibility index (Phi) is 560. The first-order valence-electron chi connectivity index (χ1n) is 0. The molecule has 0 aromatic carbocycles. The first kappa shape index (κ1) is 73.3. The van der Waals surface area contributed by atoms with E-state index in [1.165, 1.54) is 0 Å². The standard InChI is InChI=1S/Al.Co.Cu.Fe.Mn.Ni.Zn.3H. The van der Waals surface area contributed by atoms with E-state index >= 15 is 0 Å². The summed E-state index contributed by atoms with van der Waals surface area (Å²) in [5.74, 6) is 0. The quantitative estimate of drug-likeness (QED) is 0.459. The molecule has 0 aromatic heterocycles. The van der Waals surface area contributed by atoms with Crippen LogP contribution < -0.4 is 0 Å². The molecule has 0 saturated heterocycles. The summed E-state index contributed by atoms with van der Waals surface area (Å²) < 4.78 is 0. The zero-order chi connectivity index (χ0) is 0. The van der Waals surface area contributed by atoms with Crippen LogP contribution in [-0.2, 0) is 104 Å². The van der Waals surface area contributed by atoms with Crippen molar-refractivity contribution in [1.29, 1.82) is 0 Å². The van der Waals surface area contributed by atoms with Crippen molar-refractivity contribution < 1.29 is 104 Å². The Morgan fingerprint density at radius 2 is 1.00 bits per heavy atom. The molecule has 53 valence electrons. The normalized spacial score (nSPS) is 0. The summed E-state index contributed by atoms with van der Waals surface area (Å²) in [6, 6.07) is 0. The molecule has 0 amide bonds. The van der Waals surface area contributed by atoms with Gasteiger partial charge in [0.2, 0.25) is 0 Å². The molecule has 0 aliphatic heterocycles. The van der Waals surface area contributed by atoms with Crippen LogP contribution in [0.5, 0.6) is 0 Å². The van der Waals surface area contributed by atoms with Gasteiger partial charge in [-0.2, -0.15) is 0 Å². The molecule has 7 heavy (non-hydrogen) atoms. The van der Waals surface area contributed by atoms with Gasteiger partial charge < -0.3 is 0 Å². The molecule has 0 nitrogen and oxygen atoms in total. The van der Waals surface area contributed by atoms with Gasteiger partial charge in [0.25, 0.3) is 0 Å². The summed E-state index contributed by atoms with van der Waals surface area (Å²) in [5, 5.41) is 0. The Morgan fingerprint density at radius 3 is 1.00 bits per heavy atom. The molecule has 0 fully saturated rings. The van der Waals surface area contributed by atoms with Crippen molar-refractivity contribution in [1.82, 2.24) is 0 Å². The van der Waals surface area contributed by atoms with Crippen LogP contribution in [0.3, 0.4) is 0 Å². The largest absolute Gasteiger partial charge is 0.187 e.